The third-order valence-corrected chi connectivity index (χ3v) is 4.84. The van der Waals surface area contributed by atoms with Crippen molar-refractivity contribution >= 4 is 11.8 Å². The molecule has 1 aliphatic rings. The van der Waals surface area contributed by atoms with Crippen molar-refractivity contribution in [2.75, 3.05) is 12.4 Å². The van der Waals surface area contributed by atoms with E-state index in [1.54, 1.807) is 0 Å². The van der Waals surface area contributed by atoms with Gasteiger partial charge in [0.2, 0.25) is 0 Å². The molecule has 0 saturated heterocycles. The minimum Gasteiger partial charge on any atom is -0.494 e. The first-order valence-corrected chi connectivity index (χ1v) is 7.97. The standard InChI is InChI=1S/C15H23NOS/c16-12-13-6-8-14(9-7-13)17-10-3-11-18-15-4-1-2-5-15/h6-9,15H,1-5,10-12,16H2. The van der Waals surface area contributed by atoms with E-state index in [-0.39, 0.29) is 0 Å². The number of thioether (sulfide) groups is 1. The van der Waals surface area contributed by atoms with Crippen LogP contribution in [0.15, 0.2) is 24.3 Å². The second-order valence-electron chi connectivity index (χ2n) is 4.83. The summed E-state index contributed by atoms with van der Waals surface area (Å²) in [7, 11) is 0. The average Bonchev–Trinajstić information content (AvgIpc) is 2.92. The van der Waals surface area contributed by atoms with Crippen molar-refractivity contribution in [2.24, 2.45) is 5.73 Å². The van der Waals surface area contributed by atoms with Gasteiger partial charge in [0.05, 0.1) is 6.61 Å². The number of ether oxygens (including phenoxy) is 1. The summed E-state index contributed by atoms with van der Waals surface area (Å²) in [6, 6.07) is 8.07. The summed E-state index contributed by atoms with van der Waals surface area (Å²) in [5.74, 6) is 2.18. The Hall–Kier alpha value is -0.670. The molecular formula is C15H23NOS. The molecule has 2 N–H and O–H groups in total. The van der Waals surface area contributed by atoms with Gasteiger partial charge in [0.25, 0.3) is 0 Å². The third-order valence-electron chi connectivity index (χ3n) is 3.37. The van der Waals surface area contributed by atoms with Crippen LogP contribution in [0.3, 0.4) is 0 Å². The van der Waals surface area contributed by atoms with Gasteiger partial charge in [-0.2, -0.15) is 11.8 Å². The maximum Gasteiger partial charge on any atom is 0.119 e. The molecule has 0 unspecified atom stereocenters. The summed E-state index contributed by atoms with van der Waals surface area (Å²) >= 11 is 2.13. The SMILES string of the molecule is NCc1ccc(OCCCSC2CCCC2)cc1. The molecule has 0 aliphatic heterocycles. The summed E-state index contributed by atoms with van der Waals surface area (Å²) < 4.78 is 5.72. The van der Waals surface area contributed by atoms with Gasteiger partial charge in [0.15, 0.2) is 0 Å². The fourth-order valence-electron chi connectivity index (χ4n) is 2.28. The molecular weight excluding hydrogens is 242 g/mol. The Labute approximate surface area is 114 Å². The van der Waals surface area contributed by atoms with Gasteiger partial charge in [-0.3, -0.25) is 0 Å². The van der Waals surface area contributed by atoms with Crippen LogP contribution in [0.2, 0.25) is 0 Å². The maximum absolute atomic E-state index is 5.72. The predicted molar refractivity (Wildman–Crippen MR) is 79.2 cm³/mol. The Bertz CT molecular complexity index is 333. The fourth-order valence-corrected chi connectivity index (χ4v) is 3.56. The Balaban J connectivity index is 1.56. The van der Waals surface area contributed by atoms with Crippen LogP contribution in [0.4, 0.5) is 0 Å². The van der Waals surface area contributed by atoms with Crippen molar-refractivity contribution in [1.29, 1.82) is 0 Å². The average molecular weight is 265 g/mol. The predicted octanol–water partition coefficient (Wildman–Crippen LogP) is 3.59. The van der Waals surface area contributed by atoms with Gasteiger partial charge >= 0.3 is 0 Å². The molecule has 1 aromatic rings. The Kier molecular flexibility index (Phi) is 5.88. The largest absolute Gasteiger partial charge is 0.494 e. The van der Waals surface area contributed by atoms with E-state index < -0.39 is 0 Å². The Morgan fingerprint density at radius 3 is 2.56 bits per heavy atom. The van der Waals surface area contributed by atoms with Crippen LogP contribution in [0.5, 0.6) is 5.75 Å². The van der Waals surface area contributed by atoms with Crippen molar-refractivity contribution in [3.05, 3.63) is 29.8 Å². The molecule has 0 atom stereocenters. The Morgan fingerprint density at radius 2 is 1.89 bits per heavy atom. The molecule has 1 fully saturated rings. The van der Waals surface area contributed by atoms with Crippen LogP contribution in [0.1, 0.15) is 37.7 Å². The molecule has 1 aliphatic carbocycles. The van der Waals surface area contributed by atoms with Crippen LogP contribution in [-0.4, -0.2) is 17.6 Å². The number of benzene rings is 1. The second kappa shape index (κ2) is 7.70. The van der Waals surface area contributed by atoms with Crippen molar-refractivity contribution in [2.45, 2.75) is 43.9 Å². The molecule has 2 nitrogen and oxygen atoms in total. The van der Waals surface area contributed by atoms with E-state index in [1.807, 2.05) is 24.3 Å². The fraction of sp³-hybridized carbons (Fsp3) is 0.600. The summed E-state index contributed by atoms with van der Waals surface area (Å²) in [4.78, 5) is 0. The first-order chi connectivity index (χ1) is 8.88. The highest BCUT2D eigenvalue weighted by molar-refractivity contribution is 7.99. The zero-order valence-corrected chi connectivity index (χ0v) is 11.8. The van der Waals surface area contributed by atoms with E-state index in [2.05, 4.69) is 11.8 Å². The van der Waals surface area contributed by atoms with Gasteiger partial charge in [0, 0.05) is 11.8 Å². The summed E-state index contributed by atoms with van der Waals surface area (Å²) in [5.41, 5.74) is 6.71. The molecule has 0 heterocycles. The molecule has 18 heavy (non-hydrogen) atoms. The highest BCUT2D eigenvalue weighted by Gasteiger charge is 2.14. The summed E-state index contributed by atoms with van der Waals surface area (Å²) in [5, 5.41) is 0.925. The molecule has 100 valence electrons. The van der Waals surface area contributed by atoms with E-state index in [1.165, 1.54) is 31.4 Å². The highest BCUT2D eigenvalue weighted by Crippen LogP contribution is 2.29. The van der Waals surface area contributed by atoms with Crippen molar-refractivity contribution in [3.63, 3.8) is 0 Å². The minimum atomic E-state index is 0.596. The van der Waals surface area contributed by atoms with E-state index in [9.17, 15) is 0 Å². The van der Waals surface area contributed by atoms with Crippen LogP contribution < -0.4 is 10.5 Å². The summed E-state index contributed by atoms with van der Waals surface area (Å²) in [6.45, 7) is 1.42. The molecule has 0 bridgehead atoms. The lowest BCUT2D eigenvalue weighted by Gasteiger charge is -2.09. The normalized spacial score (nSPS) is 16.1. The molecule has 0 aromatic heterocycles. The van der Waals surface area contributed by atoms with E-state index in [4.69, 9.17) is 10.5 Å². The van der Waals surface area contributed by atoms with Gasteiger partial charge in [-0.1, -0.05) is 25.0 Å². The topological polar surface area (TPSA) is 35.2 Å². The quantitative estimate of drug-likeness (QED) is 0.765. The van der Waals surface area contributed by atoms with Gasteiger partial charge in [-0.25, -0.2) is 0 Å². The molecule has 2 rings (SSSR count). The smallest absolute Gasteiger partial charge is 0.119 e. The monoisotopic (exact) mass is 265 g/mol. The van der Waals surface area contributed by atoms with E-state index >= 15 is 0 Å². The molecule has 1 aromatic carbocycles. The molecule has 0 amide bonds. The molecule has 0 radical (unpaired) electrons. The van der Waals surface area contributed by atoms with Gasteiger partial charge in [0.1, 0.15) is 5.75 Å². The minimum absolute atomic E-state index is 0.596. The number of rotatable bonds is 7. The van der Waals surface area contributed by atoms with Gasteiger partial charge < -0.3 is 10.5 Å². The number of hydrogen-bond donors (Lipinski definition) is 1. The van der Waals surface area contributed by atoms with Crippen LogP contribution in [0.25, 0.3) is 0 Å². The molecule has 1 saturated carbocycles. The van der Waals surface area contributed by atoms with Crippen LogP contribution >= 0.6 is 11.8 Å². The van der Waals surface area contributed by atoms with Crippen molar-refractivity contribution in [1.82, 2.24) is 0 Å². The third kappa shape index (κ3) is 4.54. The van der Waals surface area contributed by atoms with Gasteiger partial charge in [-0.05, 0) is 42.7 Å². The maximum atomic E-state index is 5.72. The lowest BCUT2D eigenvalue weighted by molar-refractivity contribution is 0.318. The summed E-state index contributed by atoms with van der Waals surface area (Å²) in [6.07, 6.45) is 6.85. The van der Waals surface area contributed by atoms with Crippen LogP contribution in [0, 0.1) is 0 Å². The lowest BCUT2D eigenvalue weighted by atomic mass is 10.2. The highest BCUT2D eigenvalue weighted by atomic mass is 32.2. The van der Waals surface area contributed by atoms with Gasteiger partial charge in [-0.15, -0.1) is 0 Å². The molecule has 3 heteroatoms. The van der Waals surface area contributed by atoms with Crippen LogP contribution in [-0.2, 0) is 6.54 Å². The van der Waals surface area contributed by atoms with E-state index in [0.29, 0.717) is 6.54 Å². The first-order valence-electron chi connectivity index (χ1n) is 6.92. The van der Waals surface area contributed by atoms with Crippen molar-refractivity contribution < 1.29 is 4.74 Å². The lowest BCUT2D eigenvalue weighted by Crippen LogP contribution is -2.02. The zero-order valence-electron chi connectivity index (χ0n) is 10.9. The zero-order chi connectivity index (χ0) is 12.6. The van der Waals surface area contributed by atoms with E-state index in [0.717, 1.165) is 29.6 Å². The Morgan fingerprint density at radius 1 is 1.17 bits per heavy atom. The number of nitrogens with two attached hydrogens (primary N) is 1. The first kappa shape index (κ1) is 13.8. The number of hydrogen-bond acceptors (Lipinski definition) is 3. The second-order valence-corrected chi connectivity index (χ2v) is 6.24. The van der Waals surface area contributed by atoms with Crippen molar-refractivity contribution in [3.8, 4) is 5.75 Å². The molecule has 0 spiro atoms.